The fraction of sp³-hybridized carbons (Fsp3) is 0.375. The van der Waals surface area contributed by atoms with Gasteiger partial charge in [0.1, 0.15) is 12.4 Å². The zero-order chi connectivity index (χ0) is 26.0. The maximum Gasteiger partial charge on any atom is 0.267 e. The molecule has 5 rings (SSSR count). The number of carbonyl (C=O) groups is 1. The summed E-state index contributed by atoms with van der Waals surface area (Å²) in [6, 6.07) is 11.5. The second kappa shape index (κ2) is 10.2. The predicted octanol–water partition coefficient (Wildman–Crippen LogP) is 1.82. The minimum atomic E-state index is -3.67. The molecule has 1 unspecified atom stereocenters. The minimum absolute atomic E-state index is 0.0563. The van der Waals surface area contributed by atoms with Gasteiger partial charge in [-0.05, 0) is 49.2 Å². The van der Waals surface area contributed by atoms with Crippen LogP contribution in [0.2, 0.25) is 0 Å². The van der Waals surface area contributed by atoms with E-state index in [2.05, 4.69) is 23.7 Å². The second-order valence-electron chi connectivity index (χ2n) is 8.77. The van der Waals surface area contributed by atoms with Crippen LogP contribution in [0, 0.1) is 13.8 Å². The van der Waals surface area contributed by atoms with Gasteiger partial charge in [0, 0.05) is 31.6 Å². The van der Waals surface area contributed by atoms with Gasteiger partial charge >= 0.3 is 0 Å². The van der Waals surface area contributed by atoms with E-state index in [4.69, 9.17) is 24.7 Å². The topological polar surface area (TPSA) is 148 Å². The van der Waals surface area contributed by atoms with E-state index in [0.29, 0.717) is 55.7 Å². The normalized spacial score (nSPS) is 17.4. The lowest BCUT2D eigenvalue weighted by Gasteiger charge is -2.37. The number of carbonyl (C=O) groups excluding carboxylic acids is 1. The maximum absolute atomic E-state index is 13.0. The maximum atomic E-state index is 13.0. The van der Waals surface area contributed by atoms with Crippen LogP contribution in [-0.4, -0.2) is 78.9 Å². The summed E-state index contributed by atoms with van der Waals surface area (Å²) < 4.78 is 37.4. The summed E-state index contributed by atoms with van der Waals surface area (Å²) in [5.74, 6) is 2.31. The number of benzene rings is 2. The molecule has 0 radical (unpaired) electrons. The Morgan fingerprint density at radius 3 is 2.33 bits per heavy atom. The first-order valence-electron chi connectivity index (χ1n) is 11.4. The van der Waals surface area contributed by atoms with E-state index in [1.54, 1.807) is 0 Å². The van der Waals surface area contributed by atoms with Crippen LogP contribution in [0.1, 0.15) is 11.1 Å². The third-order valence-corrected chi connectivity index (χ3v) is 5.99. The van der Waals surface area contributed by atoms with Crippen molar-refractivity contribution in [3.63, 3.8) is 0 Å². The quantitative estimate of drug-likeness (QED) is 0.484. The van der Waals surface area contributed by atoms with E-state index < -0.39 is 16.2 Å². The Bertz CT molecular complexity index is 1380. The van der Waals surface area contributed by atoms with Gasteiger partial charge in [-0.15, -0.1) is 0 Å². The molecule has 3 aromatic rings. The number of hydrogen-bond donors (Lipinski definition) is 2. The van der Waals surface area contributed by atoms with Crippen molar-refractivity contribution in [1.29, 1.82) is 0 Å². The van der Waals surface area contributed by atoms with E-state index in [1.165, 1.54) is 11.1 Å². The van der Waals surface area contributed by atoms with Crippen molar-refractivity contribution in [2.24, 2.45) is 0 Å². The Hall–Kier alpha value is -3.64. The van der Waals surface area contributed by atoms with Crippen molar-refractivity contribution in [3.8, 4) is 11.5 Å². The summed E-state index contributed by atoms with van der Waals surface area (Å²) in [7, 11) is -3.67. The number of anilines is 2. The van der Waals surface area contributed by atoms with Gasteiger partial charge in [0.05, 0.1) is 11.8 Å². The number of para-hydroxylation sites is 2. The molecule has 36 heavy (non-hydrogen) atoms. The fourth-order valence-corrected chi connectivity index (χ4v) is 4.01. The molecule has 12 heteroatoms. The van der Waals surface area contributed by atoms with Crippen LogP contribution in [0.25, 0.3) is 10.9 Å². The number of piperazine rings is 1. The molecule has 3 heterocycles. The SMILES string of the molecule is CS(=O)(=O)O.Cc1cc2nc(N3CCN(C(=O)C4COc5ccccc5O4)CC3)nc(N)c2cc1C. The van der Waals surface area contributed by atoms with Gasteiger partial charge in [-0.1, -0.05) is 12.1 Å². The molecule has 1 aromatic heterocycles. The number of fused-ring (bicyclic) bond motifs is 2. The first-order chi connectivity index (χ1) is 17.0. The van der Waals surface area contributed by atoms with E-state index in [0.717, 1.165) is 10.9 Å². The van der Waals surface area contributed by atoms with Crippen LogP contribution in [0.4, 0.5) is 11.8 Å². The molecule has 0 saturated carbocycles. The molecule has 1 atom stereocenters. The Balaban J connectivity index is 0.000000556. The highest BCUT2D eigenvalue weighted by Gasteiger charge is 2.33. The summed E-state index contributed by atoms with van der Waals surface area (Å²) in [6.45, 7) is 6.73. The zero-order valence-corrected chi connectivity index (χ0v) is 21.2. The Morgan fingerprint density at radius 1 is 1.06 bits per heavy atom. The van der Waals surface area contributed by atoms with Crippen LogP contribution in [0.15, 0.2) is 36.4 Å². The molecule has 2 aliphatic heterocycles. The van der Waals surface area contributed by atoms with Crippen LogP contribution in [-0.2, 0) is 14.9 Å². The summed E-state index contributed by atoms with van der Waals surface area (Å²) in [5.41, 5.74) is 9.40. The summed E-state index contributed by atoms with van der Waals surface area (Å²) >= 11 is 0. The third kappa shape index (κ3) is 5.94. The lowest BCUT2D eigenvalue weighted by Crippen LogP contribution is -2.54. The highest BCUT2D eigenvalue weighted by atomic mass is 32.2. The third-order valence-electron chi connectivity index (χ3n) is 5.99. The number of nitrogens with zero attached hydrogens (tertiary/aromatic N) is 4. The largest absolute Gasteiger partial charge is 0.485 e. The highest BCUT2D eigenvalue weighted by molar-refractivity contribution is 7.85. The summed E-state index contributed by atoms with van der Waals surface area (Å²) in [5, 5.41) is 0.871. The lowest BCUT2D eigenvalue weighted by atomic mass is 10.1. The monoisotopic (exact) mass is 515 g/mol. The number of rotatable bonds is 2. The minimum Gasteiger partial charge on any atom is -0.485 e. The van der Waals surface area contributed by atoms with Gasteiger partial charge in [-0.2, -0.15) is 13.4 Å². The van der Waals surface area contributed by atoms with Crippen molar-refractivity contribution in [3.05, 3.63) is 47.5 Å². The van der Waals surface area contributed by atoms with Gasteiger partial charge < -0.3 is 25.0 Å². The molecular formula is C24H29N5O6S. The summed E-state index contributed by atoms with van der Waals surface area (Å²) in [4.78, 5) is 26.1. The fourth-order valence-electron chi connectivity index (χ4n) is 4.01. The van der Waals surface area contributed by atoms with Gasteiger partial charge in [0.15, 0.2) is 11.5 Å². The van der Waals surface area contributed by atoms with Crippen molar-refractivity contribution in [1.82, 2.24) is 14.9 Å². The number of amides is 1. The van der Waals surface area contributed by atoms with Gasteiger partial charge in [-0.25, -0.2) is 4.98 Å². The van der Waals surface area contributed by atoms with Crippen LogP contribution < -0.4 is 20.1 Å². The first-order valence-corrected chi connectivity index (χ1v) is 13.2. The smallest absolute Gasteiger partial charge is 0.267 e. The molecule has 0 spiro atoms. The number of hydrogen-bond acceptors (Lipinski definition) is 9. The molecule has 1 fully saturated rings. The van der Waals surface area contributed by atoms with E-state index in [1.807, 2.05) is 41.3 Å². The number of nitrogens with two attached hydrogens (primary N) is 1. The molecule has 0 aliphatic carbocycles. The van der Waals surface area contributed by atoms with E-state index >= 15 is 0 Å². The highest BCUT2D eigenvalue weighted by Crippen LogP contribution is 2.31. The second-order valence-corrected chi connectivity index (χ2v) is 10.2. The molecular weight excluding hydrogens is 486 g/mol. The standard InChI is InChI=1S/C23H25N5O3.CH4O3S/c1-14-11-16-17(12-15(14)2)25-23(26-21(16)24)28-9-7-27(8-10-28)22(29)20-13-30-18-5-3-4-6-19(18)31-20;1-5(2,3)4/h3-6,11-12,20H,7-10,13H2,1-2H3,(H2,24,25,26);1H3,(H,2,3,4). The van der Waals surface area contributed by atoms with Crippen LogP contribution in [0.3, 0.4) is 0 Å². The molecule has 1 amide bonds. The van der Waals surface area contributed by atoms with Crippen molar-refractivity contribution in [2.45, 2.75) is 20.0 Å². The molecule has 0 bridgehead atoms. The lowest BCUT2D eigenvalue weighted by molar-refractivity contribution is -0.141. The van der Waals surface area contributed by atoms with Crippen molar-refractivity contribution >= 4 is 38.7 Å². The number of nitrogen functional groups attached to an aromatic ring is 1. The number of aromatic nitrogens is 2. The van der Waals surface area contributed by atoms with Crippen molar-refractivity contribution < 1.29 is 27.2 Å². The zero-order valence-electron chi connectivity index (χ0n) is 20.3. The number of ether oxygens (including phenoxy) is 2. The molecule has 1 saturated heterocycles. The van der Waals surface area contributed by atoms with Crippen molar-refractivity contribution in [2.75, 3.05) is 49.7 Å². The molecule has 2 aliphatic rings. The predicted molar refractivity (Wildman–Crippen MR) is 136 cm³/mol. The summed E-state index contributed by atoms with van der Waals surface area (Å²) in [6.07, 6.45) is 0.0905. The van der Waals surface area contributed by atoms with Crippen LogP contribution >= 0.6 is 0 Å². The Morgan fingerprint density at radius 2 is 1.67 bits per heavy atom. The molecule has 192 valence electrons. The van der Waals surface area contributed by atoms with E-state index in [9.17, 15) is 13.2 Å². The molecule has 3 N–H and O–H groups in total. The molecule has 2 aromatic carbocycles. The Labute approximate surface area is 209 Å². The van der Waals surface area contributed by atoms with E-state index in [-0.39, 0.29) is 12.5 Å². The van der Waals surface area contributed by atoms with Gasteiger partial charge in [0.25, 0.3) is 16.0 Å². The average Bonchev–Trinajstić information content (AvgIpc) is 2.83. The van der Waals surface area contributed by atoms with Gasteiger partial charge in [0.2, 0.25) is 12.1 Å². The number of aryl methyl sites for hydroxylation is 2. The van der Waals surface area contributed by atoms with Gasteiger partial charge in [-0.3, -0.25) is 9.35 Å². The van der Waals surface area contributed by atoms with Crippen LogP contribution in [0.5, 0.6) is 11.5 Å². The molecule has 11 nitrogen and oxygen atoms in total. The first kappa shape index (κ1) is 25.5. The average molecular weight is 516 g/mol. The Kier molecular flexibility index (Phi) is 7.18.